The average molecular weight is 259 g/mol. The molecule has 0 aliphatic carbocycles. The molecule has 0 aromatic heterocycles. The third-order valence-corrected chi connectivity index (χ3v) is 3.55. The van der Waals surface area contributed by atoms with E-state index in [0.717, 1.165) is 6.07 Å². The van der Waals surface area contributed by atoms with Crippen LogP contribution in [0.3, 0.4) is 0 Å². The zero-order valence-corrected chi connectivity index (χ0v) is 10.2. The van der Waals surface area contributed by atoms with Crippen LogP contribution < -0.4 is 0 Å². The molecule has 0 aliphatic rings. The number of nitro benzene ring substituents is 1. The summed E-state index contributed by atoms with van der Waals surface area (Å²) in [6.45, 7) is 1.97. The third-order valence-electron chi connectivity index (χ3n) is 2.23. The predicted molar refractivity (Wildman–Crippen MR) is 65.5 cm³/mol. The molecule has 0 aliphatic heterocycles. The van der Waals surface area contributed by atoms with E-state index in [1.54, 1.807) is 6.07 Å². The Morgan fingerprint density at radius 3 is 2.88 bits per heavy atom. The number of nitrogens with zero attached hydrogens (tertiary/aromatic N) is 1. The van der Waals surface area contributed by atoms with Gasteiger partial charge in [-0.1, -0.05) is 19.1 Å². The number of halogens is 1. The molecule has 0 saturated heterocycles. The standard InChI is InChI=1S/C11H14FNO3S/c1-8(5-14)6-17-7-9-3-2-4-10(11(9)12)13(15)16/h2-4,8,14H,5-7H2,1H3. The van der Waals surface area contributed by atoms with Gasteiger partial charge in [-0.25, -0.2) is 0 Å². The summed E-state index contributed by atoms with van der Waals surface area (Å²) >= 11 is 1.45. The summed E-state index contributed by atoms with van der Waals surface area (Å²) < 4.78 is 13.6. The van der Waals surface area contributed by atoms with Gasteiger partial charge in [0.15, 0.2) is 0 Å². The van der Waals surface area contributed by atoms with Crippen LogP contribution in [0.4, 0.5) is 10.1 Å². The molecule has 1 unspecified atom stereocenters. The molecule has 1 rings (SSSR count). The molecule has 17 heavy (non-hydrogen) atoms. The number of benzene rings is 1. The smallest absolute Gasteiger partial charge is 0.305 e. The molecule has 0 bridgehead atoms. The van der Waals surface area contributed by atoms with Crippen LogP contribution in [-0.2, 0) is 5.75 Å². The quantitative estimate of drug-likeness (QED) is 0.630. The minimum atomic E-state index is -0.762. The first-order valence-corrected chi connectivity index (χ1v) is 6.32. The number of hydrogen-bond acceptors (Lipinski definition) is 4. The lowest BCUT2D eigenvalue weighted by atomic mass is 10.2. The Morgan fingerprint density at radius 1 is 1.59 bits per heavy atom. The van der Waals surface area contributed by atoms with Crippen molar-refractivity contribution in [2.45, 2.75) is 12.7 Å². The summed E-state index contributed by atoms with van der Waals surface area (Å²) in [6.07, 6.45) is 0. The Balaban J connectivity index is 2.66. The van der Waals surface area contributed by atoms with Crippen molar-refractivity contribution in [3.8, 4) is 0 Å². The Kier molecular flexibility index (Phi) is 5.37. The number of rotatable bonds is 6. The zero-order valence-electron chi connectivity index (χ0n) is 9.43. The topological polar surface area (TPSA) is 63.4 Å². The maximum atomic E-state index is 13.6. The molecule has 1 N–H and O–H groups in total. The average Bonchev–Trinajstić information content (AvgIpc) is 2.30. The summed E-state index contributed by atoms with van der Waals surface area (Å²) in [5.41, 5.74) is -0.160. The lowest BCUT2D eigenvalue weighted by molar-refractivity contribution is -0.387. The fraction of sp³-hybridized carbons (Fsp3) is 0.455. The van der Waals surface area contributed by atoms with E-state index in [9.17, 15) is 14.5 Å². The van der Waals surface area contributed by atoms with E-state index < -0.39 is 16.4 Å². The number of aliphatic hydroxyl groups is 1. The summed E-state index contributed by atoms with van der Waals surface area (Å²) in [6, 6.07) is 4.17. The Bertz CT molecular complexity index is 400. The van der Waals surface area contributed by atoms with Gasteiger partial charge in [0.05, 0.1) is 4.92 Å². The lowest BCUT2D eigenvalue weighted by Crippen LogP contribution is -2.04. The van der Waals surface area contributed by atoms with E-state index in [-0.39, 0.29) is 12.5 Å². The molecule has 0 radical (unpaired) electrons. The monoisotopic (exact) mass is 259 g/mol. The largest absolute Gasteiger partial charge is 0.396 e. The highest BCUT2D eigenvalue weighted by Gasteiger charge is 2.16. The molecule has 0 spiro atoms. The molecule has 0 fully saturated rings. The third kappa shape index (κ3) is 3.98. The van der Waals surface area contributed by atoms with Crippen LogP contribution in [0, 0.1) is 21.8 Å². The lowest BCUT2D eigenvalue weighted by Gasteiger charge is -2.07. The minimum Gasteiger partial charge on any atom is -0.396 e. The minimum absolute atomic E-state index is 0.0877. The summed E-state index contributed by atoms with van der Waals surface area (Å²) in [5.74, 6) is 0.444. The summed E-state index contributed by atoms with van der Waals surface area (Å²) in [4.78, 5) is 9.81. The van der Waals surface area contributed by atoms with Crippen molar-refractivity contribution in [1.29, 1.82) is 0 Å². The molecular formula is C11H14FNO3S. The van der Waals surface area contributed by atoms with Gasteiger partial charge in [-0.15, -0.1) is 0 Å². The first-order valence-electron chi connectivity index (χ1n) is 5.16. The van der Waals surface area contributed by atoms with Gasteiger partial charge in [-0.05, 0) is 11.7 Å². The van der Waals surface area contributed by atoms with Crippen LogP contribution in [0.15, 0.2) is 18.2 Å². The van der Waals surface area contributed by atoms with Gasteiger partial charge in [0.25, 0.3) is 0 Å². The molecule has 6 heteroatoms. The van der Waals surface area contributed by atoms with Crippen molar-refractivity contribution < 1.29 is 14.4 Å². The van der Waals surface area contributed by atoms with Gasteiger partial charge in [0, 0.05) is 24.0 Å². The Hall–Kier alpha value is -1.14. The Morgan fingerprint density at radius 2 is 2.29 bits per heavy atom. The van der Waals surface area contributed by atoms with Gasteiger partial charge in [0.2, 0.25) is 5.82 Å². The van der Waals surface area contributed by atoms with Crippen molar-refractivity contribution >= 4 is 17.4 Å². The fourth-order valence-corrected chi connectivity index (χ4v) is 2.31. The van der Waals surface area contributed by atoms with Gasteiger partial charge in [-0.2, -0.15) is 16.2 Å². The molecule has 0 amide bonds. The Labute approximate surface area is 103 Å². The second kappa shape index (κ2) is 6.56. The van der Waals surface area contributed by atoms with E-state index in [0.29, 0.717) is 17.1 Å². The van der Waals surface area contributed by atoms with Gasteiger partial charge < -0.3 is 5.11 Å². The molecule has 4 nitrogen and oxygen atoms in total. The van der Waals surface area contributed by atoms with Gasteiger partial charge in [-0.3, -0.25) is 10.1 Å². The first-order chi connectivity index (χ1) is 8.06. The van der Waals surface area contributed by atoms with Crippen LogP contribution in [0.25, 0.3) is 0 Å². The zero-order chi connectivity index (χ0) is 12.8. The van der Waals surface area contributed by atoms with Crippen molar-refractivity contribution in [2.75, 3.05) is 12.4 Å². The first kappa shape index (κ1) is 13.9. The number of hydrogen-bond donors (Lipinski definition) is 1. The number of nitro groups is 1. The van der Waals surface area contributed by atoms with Crippen LogP contribution in [-0.4, -0.2) is 22.4 Å². The molecular weight excluding hydrogens is 245 g/mol. The van der Waals surface area contributed by atoms with E-state index >= 15 is 0 Å². The molecule has 94 valence electrons. The highest BCUT2D eigenvalue weighted by atomic mass is 32.2. The van der Waals surface area contributed by atoms with Crippen molar-refractivity contribution in [2.24, 2.45) is 5.92 Å². The van der Waals surface area contributed by atoms with E-state index in [2.05, 4.69) is 0 Å². The molecule has 1 aromatic carbocycles. The van der Waals surface area contributed by atoms with Crippen molar-refractivity contribution in [3.63, 3.8) is 0 Å². The SMILES string of the molecule is CC(CO)CSCc1cccc([N+](=O)[O-])c1F. The van der Waals surface area contributed by atoms with Crippen molar-refractivity contribution in [3.05, 3.63) is 39.7 Å². The second-order valence-electron chi connectivity index (χ2n) is 3.81. The van der Waals surface area contributed by atoms with E-state index in [1.165, 1.54) is 17.8 Å². The summed E-state index contributed by atoms with van der Waals surface area (Å²) in [7, 11) is 0. The molecule has 0 saturated carbocycles. The summed E-state index contributed by atoms with van der Waals surface area (Å²) in [5, 5.41) is 19.4. The molecule has 1 aromatic rings. The van der Waals surface area contributed by atoms with Crippen LogP contribution in [0.5, 0.6) is 0 Å². The molecule has 1 atom stereocenters. The van der Waals surface area contributed by atoms with E-state index in [4.69, 9.17) is 5.11 Å². The van der Waals surface area contributed by atoms with Crippen LogP contribution >= 0.6 is 11.8 Å². The van der Waals surface area contributed by atoms with Crippen molar-refractivity contribution in [1.82, 2.24) is 0 Å². The second-order valence-corrected chi connectivity index (χ2v) is 4.84. The normalized spacial score (nSPS) is 12.4. The fourth-order valence-electron chi connectivity index (χ4n) is 1.24. The highest BCUT2D eigenvalue weighted by molar-refractivity contribution is 7.98. The van der Waals surface area contributed by atoms with Gasteiger partial charge >= 0.3 is 5.69 Å². The number of thioether (sulfide) groups is 1. The van der Waals surface area contributed by atoms with Crippen LogP contribution in [0.2, 0.25) is 0 Å². The predicted octanol–water partition coefficient (Wildman–Crippen LogP) is 2.60. The highest BCUT2D eigenvalue weighted by Crippen LogP contribution is 2.24. The molecule has 0 heterocycles. The van der Waals surface area contributed by atoms with Crippen LogP contribution in [0.1, 0.15) is 12.5 Å². The number of aliphatic hydroxyl groups excluding tert-OH is 1. The maximum absolute atomic E-state index is 13.6. The maximum Gasteiger partial charge on any atom is 0.305 e. The van der Waals surface area contributed by atoms with Gasteiger partial charge in [0.1, 0.15) is 0 Å². The van der Waals surface area contributed by atoms with E-state index in [1.807, 2.05) is 6.92 Å².